The quantitative estimate of drug-likeness (QED) is 0.753. The predicted molar refractivity (Wildman–Crippen MR) is 70.0 cm³/mol. The third kappa shape index (κ3) is 5.40. The van der Waals surface area contributed by atoms with Gasteiger partial charge in [-0.05, 0) is 54.6 Å². The maximum Gasteiger partial charge on any atom is 0.389 e. The van der Waals surface area contributed by atoms with E-state index in [4.69, 9.17) is 0 Å². The number of hydrogen-bond acceptors (Lipinski definition) is 2. The molecule has 1 unspecified atom stereocenters. The molecule has 0 aliphatic rings. The van der Waals surface area contributed by atoms with Crippen molar-refractivity contribution in [2.75, 3.05) is 6.54 Å². The summed E-state index contributed by atoms with van der Waals surface area (Å²) in [5.74, 6) is 0. The molecule has 0 aromatic carbocycles. The van der Waals surface area contributed by atoms with Gasteiger partial charge in [0.1, 0.15) is 0 Å². The van der Waals surface area contributed by atoms with Crippen molar-refractivity contribution in [2.24, 2.45) is 0 Å². The first-order chi connectivity index (χ1) is 8.44. The second-order valence-corrected chi connectivity index (χ2v) is 5.27. The van der Waals surface area contributed by atoms with Gasteiger partial charge >= 0.3 is 6.18 Å². The van der Waals surface area contributed by atoms with Gasteiger partial charge in [-0.2, -0.15) is 24.5 Å². The van der Waals surface area contributed by atoms with Gasteiger partial charge < -0.3 is 5.32 Å². The highest BCUT2D eigenvalue weighted by atomic mass is 32.1. The van der Waals surface area contributed by atoms with E-state index in [2.05, 4.69) is 12.2 Å². The minimum absolute atomic E-state index is 0.0542. The number of hydrogen-bond donors (Lipinski definition) is 1. The van der Waals surface area contributed by atoms with Gasteiger partial charge in [-0.25, -0.2) is 0 Å². The van der Waals surface area contributed by atoms with Crippen molar-refractivity contribution < 1.29 is 13.2 Å². The Morgan fingerprint density at radius 1 is 1.33 bits per heavy atom. The van der Waals surface area contributed by atoms with Crippen LogP contribution in [0.4, 0.5) is 13.2 Å². The van der Waals surface area contributed by atoms with Crippen LogP contribution in [0.5, 0.6) is 0 Å². The van der Waals surface area contributed by atoms with E-state index in [1.165, 1.54) is 5.56 Å². The molecule has 1 rings (SSSR count). The van der Waals surface area contributed by atoms with Crippen molar-refractivity contribution in [1.82, 2.24) is 5.32 Å². The number of nitrogens with one attached hydrogen (secondary N) is 1. The maximum atomic E-state index is 12.2. The second kappa shape index (κ2) is 7.14. The second-order valence-electron chi connectivity index (χ2n) is 4.52. The first kappa shape index (κ1) is 15.5. The number of aryl methyl sites for hydroxylation is 1. The van der Waals surface area contributed by atoms with Gasteiger partial charge in [-0.3, -0.25) is 0 Å². The van der Waals surface area contributed by atoms with Crippen molar-refractivity contribution in [3.05, 3.63) is 21.9 Å². The molecule has 18 heavy (non-hydrogen) atoms. The summed E-state index contributed by atoms with van der Waals surface area (Å²) < 4.78 is 36.5. The van der Waals surface area contributed by atoms with Gasteiger partial charge in [0.25, 0.3) is 0 Å². The van der Waals surface area contributed by atoms with E-state index in [1.54, 1.807) is 11.3 Å². The van der Waals surface area contributed by atoms with Crippen molar-refractivity contribution in [2.45, 2.75) is 51.7 Å². The summed E-state index contributed by atoms with van der Waals surface area (Å²) in [6.45, 7) is 4.91. The van der Waals surface area contributed by atoms with E-state index in [0.717, 1.165) is 18.5 Å². The highest BCUT2D eigenvalue weighted by Gasteiger charge is 2.27. The number of rotatable bonds is 7. The molecular weight excluding hydrogens is 259 g/mol. The average Bonchev–Trinajstić information content (AvgIpc) is 2.68. The van der Waals surface area contributed by atoms with E-state index in [1.807, 2.05) is 17.7 Å². The summed E-state index contributed by atoms with van der Waals surface area (Å²) in [7, 11) is 0. The molecule has 0 saturated carbocycles. The first-order valence-electron chi connectivity index (χ1n) is 6.27. The van der Waals surface area contributed by atoms with Crippen LogP contribution in [0.2, 0.25) is 0 Å². The van der Waals surface area contributed by atoms with Crippen LogP contribution in [0, 0.1) is 6.92 Å². The lowest BCUT2D eigenvalue weighted by molar-refractivity contribution is -0.135. The van der Waals surface area contributed by atoms with E-state index < -0.39 is 12.6 Å². The molecule has 0 bridgehead atoms. The monoisotopic (exact) mass is 279 g/mol. The minimum Gasteiger partial charge on any atom is -0.310 e. The van der Waals surface area contributed by atoms with Gasteiger partial charge in [-0.15, -0.1) is 0 Å². The molecule has 1 atom stereocenters. The van der Waals surface area contributed by atoms with Gasteiger partial charge in [0.2, 0.25) is 0 Å². The topological polar surface area (TPSA) is 12.0 Å². The fourth-order valence-electron chi connectivity index (χ4n) is 1.92. The molecule has 0 saturated heterocycles. The molecule has 0 spiro atoms. The molecule has 1 N–H and O–H groups in total. The number of thiophene rings is 1. The largest absolute Gasteiger partial charge is 0.389 e. The van der Waals surface area contributed by atoms with Gasteiger partial charge in [0.05, 0.1) is 0 Å². The Labute approximate surface area is 110 Å². The zero-order valence-corrected chi connectivity index (χ0v) is 11.6. The van der Waals surface area contributed by atoms with Crippen molar-refractivity contribution in [1.29, 1.82) is 0 Å². The number of halogens is 3. The minimum atomic E-state index is -4.04. The maximum absolute atomic E-state index is 12.2. The zero-order chi connectivity index (χ0) is 13.6. The fraction of sp³-hybridized carbons (Fsp3) is 0.692. The Balaban J connectivity index is 2.54. The average molecular weight is 279 g/mol. The molecule has 0 fully saturated rings. The highest BCUT2D eigenvalue weighted by Crippen LogP contribution is 2.29. The van der Waals surface area contributed by atoms with Crippen molar-refractivity contribution in [3.8, 4) is 0 Å². The Morgan fingerprint density at radius 3 is 2.56 bits per heavy atom. The molecule has 0 aliphatic carbocycles. The van der Waals surface area contributed by atoms with Crippen LogP contribution in [0.1, 0.15) is 49.8 Å². The van der Waals surface area contributed by atoms with Crippen LogP contribution >= 0.6 is 11.3 Å². The summed E-state index contributed by atoms with van der Waals surface area (Å²) >= 11 is 1.60. The Morgan fingerprint density at radius 2 is 2.06 bits per heavy atom. The van der Waals surface area contributed by atoms with E-state index in [9.17, 15) is 13.2 Å². The lowest BCUT2D eigenvalue weighted by Gasteiger charge is -2.19. The smallest absolute Gasteiger partial charge is 0.310 e. The summed E-state index contributed by atoms with van der Waals surface area (Å²) in [4.78, 5) is 0. The van der Waals surface area contributed by atoms with Crippen molar-refractivity contribution >= 4 is 11.3 Å². The van der Waals surface area contributed by atoms with Crippen LogP contribution < -0.4 is 5.32 Å². The lowest BCUT2D eigenvalue weighted by Crippen LogP contribution is -2.23. The van der Waals surface area contributed by atoms with E-state index >= 15 is 0 Å². The molecule has 5 heteroatoms. The summed E-state index contributed by atoms with van der Waals surface area (Å²) in [6.07, 6.45) is -3.03. The molecule has 1 aromatic heterocycles. The normalized spacial score (nSPS) is 13.8. The Bertz CT molecular complexity index is 346. The van der Waals surface area contributed by atoms with Crippen LogP contribution in [0.3, 0.4) is 0 Å². The molecule has 0 amide bonds. The van der Waals surface area contributed by atoms with Gasteiger partial charge in [0.15, 0.2) is 0 Å². The fourth-order valence-corrected chi connectivity index (χ4v) is 2.83. The summed E-state index contributed by atoms with van der Waals surface area (Å²) in [5, 5.41) is 7.42. The SMILES string of the molecule is CCCNC(CCCC(F)(F)F)c1cscc1C. The standard InChI is InChI=1S/C13H20F3NS/c1-3-7-17-12(5-4-6-13(14,15)16)11-9-18-8-10(11)2/h8-9,12,17H,3-7H2,1-2H3. The van der Waals surface area contributed by atoms with Crippen LogP contribution in [-0.2, 0) is 0 Å². The zero-order valence-electron chi connectivity index (χ0n) is 10.8. The van der Waals surface area contributed by atoms with E-state index in [-0.39, 0.29) is 12.5 Å². The Hall–Kier alpha value is -0.550. The van der Waals surface area contributed by atoms with Crippen molar-refractivity contribution in [3.63, 3.8) is 0 Å². The molecule has 0 radical (unpaired) electrons. The molecule has 1 heterocycles. The van der Waals surface area contributed by atoms with Crippen LogP contribution in [0.15, 0.2) is 10.8 Å². The molecule has 104 valence electrons. The first-order valence-corrected chi connectivity index (χ1v) is 7.21. The third-order valence-corrected chi connectivity index (χ3v) is 3.74. The van der Waals surface area contributed by atoms with E-state index in [0.29, 0.717) is 6.42 Å². The Kier molecular flexibility index (Phi) is 6.15. The molecule has 1 nitrogen and oxygen atoms in total. The molecular formula is C13H20F3NS. The third-order valence-electron chi connectivity index (χ3n) is 2.86. The van der Waals surface area contributed by atoms with Gasteiger partial charge in [0, 0.05) is 12.5 Å². The summed E-state index contributed by atoms with van der Waals surface area (Å²) in [6, 6.07) is 0.0542. The van der Waals surface area contributed by atoms with Crippen LogP contribution in [0.25, 0.3) is 0 Å². The van der Waals surface area contributed by atoms with Gasteiger partial charge in [-0.1, -0.05) is 6.92 Å². The molecule has 1 aromatic rings. The highest BCUT2D eigenvalue weighted by molar-refractivity contribution is 7.08. The predicted octanol–water partition coefficient (Wildman–Crippen LogP) is 4.83. The molecule has 0 aliphatic heterocycles. The number of alkyl halides is 3. The summed E-state index contributed by atoms with van der Waals surface area (Å²) in [5.41, 5.74) is 2.32. The lowest BCUT2D eigenvalue weighted by atomic mass is 10.0. The van der Waals surface area contributed by atoms with Crippen LogP contribution in [-0.4, -0.2) is 12.7 Å².